The number of carbonyl (C=O) groups is 1. The highest BCUT2D eigenvalue weighted by Gasteiger charge is 2.61. The van der Waals surface area contributed by atoms with Crippen LogP contribution in [-0.2, 0) is 4.79 Å². The lowest BCUT2D eigenvalue weighted by molar-refractivity contribution is -0.117. The quantitative estimate of drug-likeness (QED) is 0.407. The zero-order valence-electron chi connectivity index (χ0n) is 9.74. The van der Waals surface area contributed by atoms with Crippen LogP contribution in [0.25, 0.3) is 0 Å². The summed E-state index contributed by atoms with van der Waals surface area (Å²) in [6.07, 6.45) is -5.07. The Morgan fingerprint density at radius 1 is 1.40 bits per heavy atom. The van der Waals surface area contributed by atoms with Crippen molar-refractivity contribution in [3.8, 4) is 11.8 Å². The lowest BCUT2D eigenvalue weighted by Gasteiger charge is -2.24. The third-order valence-corrected chi connectivity index (χ3v) is 3.02. The van der Waals surface area contributed by atoms with Crippen LogP contribution >= 0.6 is 0 Å². The van der Waals surface area contributed by atoms with Crippen molar-refractivity contribution >= 4 is 11.6 Å². The topological polar surface area (TPSA) is 79.0 Å². The number of allylic oxidation sites excluding steroid dienone is 2. The number of fused-ring (bicyclic) bond motifs is 1. The Bertz CT molecular complexity index is 581. The van der Waals surface area contributed by atoms with E-state index in [0.717, 1.165) is 0 Å². The summed E-state index contributed by atoms with van der Waals surface area (Å²) < 4.78 is 65.6. The van der Waals surface area contributed by atoms with Crippen LogP contribution in [-0.4, -0.2) is 30.3 Å². The third-order valence-electron chi connectivity index (χ3n) is 3.02. The van der Waals surface area contributed by atoms with E-state index in [2.05, 4.69) is 11.8 Å². The molecule has 2 aliphatic carbocycles. The third kappa shape index (κ3) is 2.01. The van der Waals surface area contributed by atoms with Crippen molar-refractivity contribution in [3.05, 3.63) is 11.3 Å². The number of carbonyl (C=O) groups excluding carboxylic acids is 1. The Kier molecular flexibility index (Phi) is 3.00. The van der Waals surface area contributed by atoms with Gasteiger partial charge in [0.15, 0.2) is 0 Å². The van der Waals surface area contributed by atoms with Crippen molar-refractivity contribution in [3.63, 3.8) is 0 Å². The maximum absolute atomic E-state index is 13.9. The van der Waals surface area contributed by atoms with Crippen molar-refractivity contribution in [2.24, 2.45) is 17.6 Å². The molecule has 0 aliphatic heterocycles. The van der Waals surface area contributed by atoms with Crippen LogP contribution < -0.4 is 11.1 Å². The number of amides is 1. The van der Waals surface area contributed by atoms with Crippen LogP contribution in [0, 0.1) is 29.1 Å². The Morgan fingerprint density at radius 2 is 2.00 bits per heavy atom. The lowest BCUT2D eigenvalue weighted by Crippen LogP contribution is -2.38. The van der Waals surface area contributed by atoms with Crippen LogP contribution in [0.2, 0.25) is 0 Å². The fourth-order valence-corrected chi connectivity index (χ4v) is 2.10. The number of primary amides is 1. The molecule has 108 valence electrons. The van der Waals surface area contributed by atoms with Gasteiger partial charge in [0.05, 0.1) is 18.2 Å². The first-order valence-electron chi connectivity index (χ1n) is 5.38. The number of alkyl halides is 5. The molecule has 0 spiro atoms. The molecule has 2 aliphatic rings. The van der Waals surface area contributed by atoms with Gasteiger partial charge in [-0.25, -0.2) is 0 Å². The monoisotopic (exact) mass is 293 g/mol. The highest BCUT2D eigenvalue weighted by molar-refractivity contribution is 6.04. The van der Waals surface area contributed by atoms with E-state index >= 15 is 0 Å². The van der Waals surface area contributed by atoms with Crippen molar-refractivity contribution in [2.75, 3.05) is 6.54 Å². The maximum Gasteiger partial charge on any atom is 0.433 e. The van der Waals surface area contributed by atoms with Crippen LogP contribution in [0.4, 0.5) is 22.0 Å². The van der Waals surface area contributed by atoms with Crippen molar-refractivity contribution < 1.29 is 26.7 Å². The van der Waals surface area contributed by atoms with Crippen LogP contribution in [0.5, 0.6) is 0 Å². The standard InChI is InChI=1S/C11H8F5N3O/c12-10(13)5-2-1-4(5)7(8(18)11(14,15)16)9(10)19-3-6(17)20/h4-5,18-19H,3H2,(H2,17,20)/t4-,5+/m0/s1. The second kappa shape index (κ2) is 4.19. The molecular formula is C11H8F5N3O. The summed E-state index contributed by atoms with van der Waals surface area (Å²) in [6.45, 7) is -0.751. The molecule has 2 atom stereocenters. The Labute approximate surface area is 109 Å². The van der Waals surface area contributed by atoms with Crippen molar-refractivity contribution in [1.29, 1.82) is 5.41 Å². The van der Waals surface area contributed by atoms with Gasteiger partial charge in [0.2, 0.25) is 5.91 Å². The zero-order chi connectivity index (χ0) is 15.3. The molecular weight excluding hydrogens is 285 g/mol. The Hall–Kier alpha value is -2.11. The molecule has 4 nitrogen and oxygen atoms in total. The first kappa shape index (κ1) is 14.3. The van der Waals surface area contributed by atoms with Gasteiger partial charge in [-0.05, 0) is 0 Å². The number of nitrogens with two attached hydrogens (primary N) is 1. The molecule has 0 bridgehead atoms. The molecule has 0 saturated heterocycles. The molecule has 4 N–H and O–H groups in total. The SMILES string of the molecule is N=C(C1=C(NCC(N)=O)C(F)(F)[C@@H]2C#C[C@H]12)C(F)(F)F. The lowest BCUT2D eigenvalue weighted by atomic mass is 9.82. The summed E-state index contributed by atoms with van der Waals surface area (Å²) in [5.74, 6) is -3.34. The van der Waals surface area contributed by atoms with E-state index in [1.54, 1.807) is 0 Å². The summed E-state index contributed by atoms with van der Waals surface area (Å²) in [4.78, 5) is 10.6. The first-order valence-corrected chi connectivity index (χ1v) is 5.38. The number of halogens is 5. The number of nitrogens with one attached hydrogen (secondary N) is 2. The molecule has 1 amide bonds. The average Bonchev–Trinajstić information content (AvgIpc) is 2.35. The van der Waals surface area contributed by atoms with E-state index in [0.29, 0.717) is 0 Å². The summed E-state index contributed by atoms with van der Waals surface area (Å²) in [7, 11) is 0. The first-order chi connectivity index (χ1) is 9.06. The van der Waals surface area contributed by atoms with Gasteiger partial charge < -0.3 is 11.1 Å². The van der Waals surface area contributed by atoms with Gasteiger partial charge in [0.25, 0.3) is 0 Å². The average molecular weight is 293 g/mol. The molecule has 0 aromatic rings. The fraction of sp³-hybridized carbons (Fsp3) is 0.455. The number of rotatable bonds is 4. The van der Waals surface area contributed by atoms with E-state index in [1.165, 1.54) is 0 Å². The molecule has 0 radical (unpaired) electrons. The fourth-order valence-electron chi connectivity index (χ4n) is 2.10. The van der Waals surface area contributed by atoms with E-state index in [9.17, 15) is 26.7 Å². The van der Waals surface area contributed by atoms with Gasteiger partial charge in [0, 0.05) is 5.57 Å². The van der Waals surface area contributed by atoms with Crippen LogP contribution in [0.15, 0.2) is 11.3 Å². The number of hydrogen-bond acceptors (Lipinski definition) is 3. The Morgan fingerprint density at radius 3 is 2.40 bits per heavy atom. The van der Waals surface area contributed by atoms with E-state index in [1.807, 2.05) is 5.32 Å². The highest BCUT2D eigenvalue weighted by Crippen LogP contribution is 2.51. The summed E-state index contributed by atoms with van der Waals surface area (Å²) >= 11 is 0. The molecule has 2 rings (SSSR count). The normalized spacial score (nSPS) is 26.2. The van der Waals surface area contributed by atoms with E-state index in [4.69, 9.17) is 11.1 Å². The van der Waals surface area contributed by atoms with Gasteiger partial charge in [-0.15, -0.1) is 0 Å². The molecule has 0 saturated carbocycles. The minimum Gasteiger partial charge on any atom is -0.374 e. The maximum atomic E-state index is 13.9. The molecule has 20 heavy (non-hydrogen) atoms. The second-order valence-electron chi connectivity index (χ2n) is 4.35. The second-order valence-corrected chi connectivity index (χ2v) is 4.35. The van der Waals surface area contributed by atoms with Crippen molar-refractivity contribution in [1.82, 2.24) is 5.32 Å². The molecule has 0 aromatic heterocycles. The minimum absolute atomic E-state index is 0.751. The van der Waals surface area contributed by atoms with E-state index < -0.39 is 53.4 Å². The van der Waals surface area contributed by atoms with Crippen LogP contribution in [0.3, 0.4) is 0 Å². The predicted molar refractivity (Wildman–Crippen MR) is 57.7 cm³/mol. The molecule has 0 unspecified atom stereocenters. The van der Waals surface area contributed by atoms with Crippen LogP contribution in [0.1, 0.15) is 0 Å². The molecule has 0 fully saturated rings. The number of hydrogen-bond donors (Lipinski definition) is 3. The largest absolute Gasteiger partial charge is 0.433 e. The highest BCUT2D eigenvalue weighted by atomic mass is 19.4. The summed E-state index contributed by atoms with van der Waals surface area (Å²) in [5, 5.41) is 8.95. The van der Waals surface area contributed by atoms with Gasteiger partial charge in [-0.2, -0.15) is 22.0 Å². The molecule has 9 heteroatoms. The van der Waals surface area contributed by atoms with Crippen molar-refractivity contribution in [2.45, 2.75) is 12.1 Å². The molecule has 0 heterocycles. The Balaban J connectivity index is 2.44. The smallest absolute Gasteiger partial charge is 0.374 e. The molecule has 0 aromatic carbocycles. The minimum atomic E-state index is -5.07. The van der Waals surface area contributed by atoms with Gasteiger partial charge in [-0.1, -0.05) is 11.8 Å². The summed E-state index contributed by atoms with van der Waals surface area (Å²) in [5.41, 5.74) is 0.877. The zero-order valence-corrected chi connectivity index (χ0v) is 9.74. The summed E-state index contributed by atoms with van der Waals surface area (Å²) in [6, 6.07) is 0. The van der Waals surface area contributed by atoms with Gasteiger partial charge in [-0.3, -0.25) is 10.2 Å². The van der Waals surface area contributed by atoms with E-state index in [-0.39, 0.29) is 0 Å². The van der Waals surface area contributed by atoms with Gasteiger partial charge >= 0.3 is 12.1 Å². The van der Waals surface area contributed by atoms with Gasteiger partial charge in [0.1, 0.15) is 11.6 Å². The predicted octanol–water partition coefficient (Wildman–Crippen LogP) is 0.796.